The first kappa shape index (κ1) is 12.9. The summed E-state index contributed by atoms with van der Waals surface area (Å²) < 4.78 is 2.00. The molecule has 1 aliphatic heterocycles. The summed E-state index contributed by atoms with van der Waals surface area (Å²) >= 11 is 0. The number of benzene rings is 1. The van der Waals surface area contributed by atoms with Gasteiger partial charge in [-0.15, -0.1) is 0 Å². The van der Waals surface area contributed by atoms with E-state index in [4.69, 9.17) is 5.11 Å². The summed E-state index contributed by atoms with van der Waals surface area (Å²) in [6.07, 6.45) is 2.51. The largest absolute Gasteiger partial charge is 0.395 e. The Morgan fingerprint density at radius 3 is 3.05 bits per heavy atom. The smallest absolute Gasteiger partial charge is 0.256 e. The normalized spacial score (nSPS) is 16.6. The summed E-state index contributed by atoms with van der Waals surface area (Å²) in [5.41, 5.74) is 1.97. The van der Waals surface area contributed by atoms with Gasteiger partial charge in [-0.05, 0) is 25.0 Å². The zero-order valence-electron chi connectivity index (χ0n) is 11.2. The van der Waals surface area contributed by atoms with E-state index in [1.807, 2.05) is 16.7 Å². The van der Waals surface area contributed by atoms with Crippen molar-refractivity contribution in [3.8, 4) is 0 Å². The van der Waals surface area contributed by atoms with Gasteiger partial charge in [0, 0.05) is 24.2 Å². The molecule has 1 amide bonds. The monoisotopic (exact) mass is 272 g/mol. The molecule has 0 aliphatic carbocycles. The molecule has 104 valence electrons. The number of pyridine rings is 1. The molecule has 2 heterocycles. The molecule has 0 radical (unpaired) electrons. The van der Waals surface area contributed by atoms with Gasteiger partial charge in [-0.3, -0.25) is 9.59 Å². The Morgan fingerprint density at radius 2 is 2.30 bits per heavy atom. The van der Waals surface area contributed by atoms with Gasteiger partial charge in [-0.25, -0.2) is 0 Å². The Morgan fingerprint density at radius 1 is 1.50 bits per heavy atom. The minimum atomic E-state index is -0.431. The molecule has 0 spiro atoms. The van der Waals surface area contributed by atoms with Crippen LogP contribution in [0.1, 0.15) is 28.9 Å². The summed E-state index contributed by atoms with van der Waals surface area (Å²) in [6.45, 7) is 2.07. The Hall–Kier alpha value is -2.14. The number of nitrogens with zero attached hydrogens (tertiary/aromatic N) is 1. The third-order valence-electron chi connectivity index (χ3n) is 3.77. The molecule has 0 saturated heterocycles. The second kappa shape index (κ2) is 4.76. The standard InChI is InChI=1S/C15H16N2O3/c1-9-7-10-3-2-4-11-13(10)17(9)8-12(14(11)19)15(20)16-5-6-18/h2-4,8-9,18H,5-7H2,1H3,(H,16,20)/t9-/m0/s1. The van der Waals surface area contributed by atoms with Gasteiger partial charge < -0.3 is 15.0 Å². The number of para-hydroxylation sites is 1. The number of aliphatic hydroxyl groups excluding tert-OH is 1. The Bertz CT molecular complexity index is 749. The van der Waals surface area contributed by atoms with Crippen molar-refractivity contribution in [1.29, 1.82) is 0 Å². The number of amides is 1. The van der Waals surface area contributed by atoms with Crippen LogP contribution in [0.5, 0.6) is 0 Å². The molecule has 1 aliphatic rings. The van der Waals surface area contributed by atoms with Crippen LogP contribution in [0, 0.1) is 0 Å². The van der Waals surface area contributed by atoms with Crippen LogP contribution in [0.25, 0.3) is 10.9 Å². The van der Waals surface area contributed by atoms with Gasteiger partial charge >= 0.3 is 0 Å². The first-order chi connectivity index (χ1) is 9.63. The van der Waals surface area contributed by atoms with Crippen LogP contribution < -0.4 is 10.7 Å². The second-order valence-electron chi connectivity index (χ2n) is 5.13. The SMILES string of the molecule is C[C@H]1Cc2cccc3c(=O)c(C(=O)NCCO)cn1c23. The van der Waals surface area contributed by atoms with Crippen LogP contribution in [-0.4, -0.2) is 28.7 Å². The number of carbonyl (C=O) groups excluding carboxylic acids is 1. The van der Waals surface area contributed by atoms with Crippen molar-refractivity contribution in [3.05, 3.63) is 45.7 Å². The summed E-state index contributed by atoms with van der Waals surface area (Å²) in [6, 6.07) is 5.88. The van der Waals surface area contributed by atoms with Crippen LogP contribution in [-0.2, 0) is 6.42 Å². The lowest BCUT2D eigenvalue weighted by molar-refractivity contribution is 0.0943. The van der Waals surface area contributed by atoms with E-state index in [0.717, 1.165) is 17.5 Å². The third-order valence-corrected chi connectivity index (χ3v) is 3.77. The topological polar surface area (TPSA) is 71.3 Å². The van der Waals surface area contributed by atoms with Crippen molar-refractivity contribution >= 4 is 16.8 Å². The van der Waals surface area contributed by atoms with Crippen LogP contribution in [0.2, 0.25) is 0 Å². The molecule has 1 aromatic heterocycles. The van der Waals surface area contributed by atoms with E-state index >= 15 is 0 Å². The van der Waals surface area contributed by atoms with Gasteiger partial charge in [0.2, 0.25) is 5.43 Å². The van der Waals surface area contributed by atoms with Crippen LogP contribution in [0.3, 0.4) is 0 Å². The Kier molecular flexibility index (Phi) is 3.06. The predicted molar refractivity (Wildman–Crippen MR) is 76.0 cm³/mol. The minimum Gasteiger partial charge on any atom is -0.395 e. The summed E-state index contributed by atoms with van der Waals surface area (Å²) in [7, 11) is 0. The van der Waals surface area contributed by atoms with E-state index in [1.165, 1.54) is 0 Å². The van der Waals surface area contributed by atoms with E-state index in [2.05, 4.69) is 12.2 Å². The lowest BCUT2D eigenvalue weighted by atomic mass is 10.1. The third kappa shape index (κ3) is 1.82. The average Bonchev–Trinajstić information content (AvgIpc) is 2.77. The number of nitrogens with one attached hydrogen (secondary N) is 1. The molecule has 1 aromatic carbocycles. The van der Waals surface area contributed by atoms with Crippen molar-refractivity contribution < 1.29 is 9.90 Å². The average molecular weight is 272 g/mol. The highest BCUT2D eigenvalue weighted by atomic mass is 16.3. The lowest BCUT2D eigenvalue weighted by Gasteiger charge is -2.12. The Balaban J connectivity index is 2.21. The number of rotatable bonds is 3. The van der Waals surface area contributed by atoms with Gasteiger partial charge in [-0.1, -0.05) is 12.1 Å². The first-order valence-corrected chi connectivity index (χ1v) is 6.69. The highest BCUT2D eigenvalue weighted by molar-refractivity contribution is 5.98. The first-order valence-electron chi connectivity index (χ1n) is 6.69. The zero-order chi connectivity index (χ0) is 14.3. The summed E-state index contributed by atoms with van der Waals surface area (Å²) in [5.74, 6) is -0.431. The van der Waals surface area contributed by atoms with E-state index in [0.29, 0.717) is 5.39 Å². The Labute approximate surface area is 115 Å². The summed E-state index contributed by atoms with van der Waals surface area (Å²) in [4.78, 5) is 24.5. The van der Waals surface area contributed by atoms with Gasteiger partial charge in [-0.2, -0.15) is 0 Å². The van der Waals surface area contributed by atoms with Crippen molar-refractivity contribution in [1.82, 2.24) is 9.88 Å². The minimum absolute atomic E-state index is 0.136. The van der Waals surface area contributed by atoms with E-state index in [9.17, 15) is 9.59 Å². The molecule has 1 atom stereocenters. The van der Waals surface area contributed by atoms with Crippen molar-refractivity contribution in [2.24, 2.45) is 0 Å². The number of aliphatic hydroxyl groups is 1. The van der Waals surface area contributed by atoms with Gasteiger partial charge in [0.25, 0.3) is 5.91 Å². The molecule has 5 heteroatoms. The number of hydrogen-bond acceptors (Lipinski definition) is 3. The molecule has 0 fully saturated rings. The number of carbonyl (C=O) groups is 1. The maximum Gasteiger partial charge on any atom is 0.256 e. The fourth-order valence-corrected chi connectivity index (χ4v) is 2.84. The summed E-state index contributed by atoms with van der Waals surface area (Å²) in [5, 5.41) is 11.9. The highest BCUT2D eigenvalue weighted by Crippen LogP contribution is 2.30. The highest BCUT2D eigenvalue weighted by Gasteiger charge is 2.24. The fraction of sp³-hybridized carbons (Fsp3) is 0.333. The molecule has 0 saturated carbocycles. The van der Waals surface area contributed by atoms with Crippen molar-refractivity contribution in [3.63, 3.8) is 0 Å². The molecule has 0 bridgehead atoms. The van der Waals surface area contributed by atoms with Crippen molar-refractivity contribution in [2.45, 2.75) is 19.4 Å². The number of hydrogen-bond donors (Lipinski definition) is 2. The molecule has 5 nitrogen and oxygen atoms in total. The lowest BCUT2D eigenvalue weighted by Crippen LogP contribution is -2.31. The fourth-order valence-electron chi connectivity index (χ4n) is 2.84. The second-order valence-corrected chi connectivity index (χ2v) is 5.13. The van der Waals surface area contributed by atoms with Crippen LogP contribution in [0.15, 0.2) is 29.2 Å². The van der Waals surface area contributed by atoms with Crippen molar-refractivity contribution in [2.75, 3.05) is 13.2 Å². The molecular weight excluding hydrogens is 256 g/mol. The molecule has 3 rings (SSSR count). The molecule has 20 heavy (non-hydrogen) atoms. The van der Waals surface area contributed by atoms with E-state index in [1.54, 1.807) is 12.3 Å². The van der Waals surface area contributed by atoms with Gasteiger partial charge in [0.1, 0.15) is 5.56 Å². The maximum atomic E-state index is 12.4. The molecule has 0 unspecified atom stereocenters. The van der Waals surface area contributed by atoms with E-state index < -0.39 is 5.91 Å². The quantitative estimate of drug-likeness (QED) is 0.869. The molecule has 2 aromatic rings. The van der Waals surface area contributed by atoms with E-state index in [-0.39, 0.29) is 30.2 Å². The van der Waals surface area contributed by atoms with Crippen LogP contribution >= 0.6 is 0 Å². The maximum absolute atomic E-state index is 12.4. The van der Waals surface area contributed by atoms with Gasteiger partial charge in [0.05, 0.1) is 12.1 Å². The van der Waals surface area contributed by atoms with Gasteiger partial charge in [0.15, 0.2) is 0 Å². The van der Waals surface area contributed by atoms with Crippen LogP contribution in [0.4, 0.5) is 0 Å². The molecule has 2 N–H and O–H groups in total. The predicted octanol–water partition coefficient (Wildman–Crippen LogP) is 0.841. The number of aromatic nitrogens is 1. The molecular formula is C15H16N2O3. The zero-order valence-corrected chi connectivity index (χ0v) is 11.2.